The predicted octanol–water partition coefficient (Wildman–Crippen LogP) is 2.36. The lowest BCUT2D eigenvalue weighted by Crippen LogP contribution is -2.37. The molecule has 2 rings (SSSR count). The summed E-state index contributed by atoms with van der Waals surface area (Å²) in [6, 6.07) is 7.07. The molecule has 1 aromatic carbocycles. The van der Waals surface area contributed by atoms with E-state index in [1.54, 1.807) is 19.1 Å². The van der Waals surface area contributed by atoms with E-state index in [0.717, 1.165) is 0 Å². The number of hydrogen-bond acceptors (Lipinski definition) is 3. The van der Waals surface area contributed by atoms with Crippen LogP contribution in [-0.4, -0.2) is 21.0 Å². The van der Waals surface area contributed by atoms with E-state index in [1.165, 1.54) is 37.7 Å². The number of rotatable bonds is 5. The molecule has 0 aliphatic heterocycles. The largest absolute Gasteiger partial charge is 0.329 e. The molecule has 1 fully saturated rings. The molecule has 0 unspecified atom stereocenters. The molecule has 0 saturated heterocycles. The first-order valence-electron chi connectivity index (χ1n) is 7.35. The van der Waals surface area contributed by atoms with Crippen molar-refractivity contribution >= 4 is 10.0 Å². The summed E-state index contributed by atoms with van der Waals surface area (Å²) in [5, 5.41) is 0. The van der Waals surface area contributed by atoms with Crippen molar-refractivity contribution in [2.75, 3.05) is 6.54 Å². The Balaban J connectivity index is 2.11. The van der Waals surface area contributed by atoms with Crippen molar-refractivity contribution in [3.8, 4) is 0 Å². The van der Waals surface area contributed by atoms with Gasteiger partial charge in [-0.2, -0.15) is 0 Å². The van der Waals surface area contributed by atoms with Gasteiger partial charge in [0, 0.05) is 12.6 Å². The first kappa shape index (κ1) is 15.5. The van der Waals surface area contributed by atoms with Crippen LogP contribution < -0.4 is 10.5 Å². The van der Waals surface area contributed by atoms with Crippen molar-refractivity contribution in [2.45, 2.75) is 55.9 Å². The number of hydrogen-bond donors (Lipinski definition) is 2. The van der Waals surface area contributed by atoms with Crippen LogP contribution in [0.1, 0.15) is 50.5 Å². The van der Waals surface area contributed by atoms with Crippen LogP contribution in [0, 0.1) is 0 Å². The highest BCUT2D eigenvalue weighted by atomic mass is 32.2. The Morgan fingerprint density at radius 3 is 2.35 bits per heavy atom. The van der Waals surface area contributed by atoms with E-state index in [0.29, 0.717) is 17.4 Å². The van der Waals surface area contributed by atoms with Crippen LogP contribution in [0.3, 0.4) is 0 Å². The molecule has 0 radical (unpaired) electrons. The fraction of sp³-hybridized carbons (Fsp3) is 0.600. The van der Waals surface area contributed by atoms with Crippen LogP contribution >= 0.6 is 0 Å². The molecule has 1 aromatic rings. The Kier molecular flexibility index (Phi) is 5.18. The summed E-state index contributed by atoms with van der Waals surface area (Å²) in [4.78, 5) is 0.317. The molecule has 1 saturated carbocycles. The maximum absolute atomic E-state index is 12.1. The molecule has 3 N–H and O–H groups in total. The van der Waals surface area contributed by atoms with E-state index in [4.69, 9.17) is 5.73 Å². The average Bonchev–Trinajstić information content (AvgIpc) is 2.48. The quantitative estimate of drug-likeness (QED) is 0.876. The van der Waals surface area contributed by atoms with Crippen molar-refractivity contribution < 1.29 is 8.42 Å². The van der Waals surface area contributed by atoms with Crippen LogP contribution in [0.4, 0.5) is 0 Å². The van der Waals surface area contributed by atoms with Crippen molar-refractivity contribution in [2.24, 2.45) is 5.73 Å². The Morgan fingerprint density at radius 1 is 1.20 bits per heavy atom. The van der Waals surface area contributed by atoms with E-state index >= 15 is 0 Å². The van der Waals surface area contributed by atoms with Gasteiger partial charge in [-0.05, 0) is 43.4 Å². The minimum Gasteiger partial charge on any atom is -0.329 e. The molecule has 0 heterocycles. The summed E-state index contributed by atoms with van der Waals surface area (Å²) in [6.45, 7) is 2.05. The van der Waals surface area contributed by atoms with Gasteiger partial charge in [0.1, 0.15) is 0 Å². The molecule has 5 heteroatoms. The van der Waals surface area contributed by atoms with Gasteiger partial charge in [0.25, 0.3) is 0 Å². The smallest absolute Gasteiger partial charge is 0.240 e. The molecule has 1 aliphatic carbocycles. The SMILES string of the molecule is C[C@H](CN)NS(=O)(=O)c1ccc(C2CCCCC2)cc1. The third kappa shape index (κ3) is 3.81. The summed E-state index contributed by atoms with van der Waals surface area (Å²) < 4.78 is 26.8. The molecule has 20 heavy (non-hydrogen) atoms. The van der Waals surface area contributed by atoms with Crippen molar-refractivity contribution in [1.29, 1.82) is 0 Å². The van der Waals surface area contributed by atoms with Gasteiger partial charge < -0.3 is 5.73 Å². The van der Waals surface area contributed by atoms with E-state index in [2.05, 4.69) is 4.72 Å². The van der Waals surface area contributed by atoms with E-state index < -0.39 is 10.0 Å². The van der Waals surface area contributed by atoms with Crippen LogP contribution in [0.5, 0.6) is 0 Å². The second-order valence-electron chi connectivity index (χ2n) is 5.66. The maximum Gasteiger partial charge on any atom is 0.240 e. The first-order chi connectivity index (χ1) is 9.53. The van der Waals surface area contributed by atoms with Gasteiger partial charge in [-0.25, -0.2) is 13.1 Å². The van der Waals surface area contributed by atoms with Gasteiger partial charge in [-0.3, -0.25) is 0 Å². The third-order valence-corrected chi connectivity index (χ3v) is 5.58. The van der Waals surface area contributed by atoms with Crippen LogP contribution in [0.25, 0.3) is 0 Å². The fourth-order valence-corrected chi connectivity index (χ4v) is 3.99. The number of sulfonamides is 1. The summed E-state index contributed by atoms with van der Waals surface area (Å²) in [6.07, 6.45) is 6.31. The maximum atomic E-state index is 12.1. The molecule has 4 nitrogen and oxygen atoms in total. The van der Waals surface area contributed by atoms with Gasteiger partial charge in [0.15, 0.2) is 0 Å². The van der Waals surface area contributed by atoms with E-state index in [9.17, 15) is 8.42 Å². The highest BCUT2D eigenvalue weighted by molar-refractivity contribution is 7.89. The predicted molar refractivity (Wildman–Crippen MR) is 81.1 cm³/mol. The van der Waals surface area contributed by atoms with Gasteiger partial charge in [-0.15, -0.1) is 0 Å². The first-order valence-corrected chi connectivity index (χ1v) is 8.83. The summed E-state index contributed by atoms with van der Waals surface area (Å²) >= 11 is 0. The second kappa shape index (κ2) is 6.70. The van der Waals surface area contributed by atoms with Gasteiger partial charge >= 0.3 is 0 Å². The molecular formula is C15H24N2O2S. The van der Waals surface area contributed by atoms with Crippen LogP contribution in [0.2, 0.25) is 0 Å². The van der Waals surface area contributed by atoms with Gasteiger partial charge in [-0.1, -0.05) is 31.4 Å². The summed E-state index contributed by atoms with van der Waals surface area (Å²) in [5.41, 5.74) is 6.71. The average molecular weight is 296 g/mol. The minimum absolute atomic E-state index is 0.252. The Bertz CT molecular complexity index is 519. The molecule has 0 bridgehead atoms. The summed E-state index contributed by atoms with van der Waals surface area (Å²) in [5.74, 6) is 0.594. The molecule has 1 atom stereocenters. The molecule has 0 aromatic heterocycles. The number of nitrogens with one attached hydrogen (secondary N) is 1. The van der Waals surface area contributed by atoms with Crippen LogP contribution in [0.15, 0.2) is 29.2 Å². The van der Waals surface area contributed by atoms with Gasteiger partial charge in [0.2, 0.25) is 10.0 Å². The van der Waals surface area contributed by atoms with Crippen molar-refractivity contribution in [1.82, 2.24) is 4.72 Å². The molecule has 0 amide bonds. The minimum atomic E-state index is -3.45. The zero-order valence-electron chi connectivity index (χ0n) is 12.0. The van der Waals surface area contributed by atoms with E-state index in [1.807, 2.05) is 12.1 Å². The number of nitrogens with two attached hydrogens (primary N) is 1. The normalized spacial score (nSPS) is 18.9. The third-order valence-electron chi connectivity index (χ3n) is 3.98. The summed E-state index contributed by atoms with van der Waals surface area (Å²) in [7, 11) is -3.45. The Hall–Kier alpha value is -0.910. The lowest BCUT2D eigenvalue weighted by atomic mass is 9.84. The molecular weight excluding hydrogens is 272 g/mol. The standard InChI is InChI=1S/C15H24N2O2S/c1-12(11-16)17-20(18,19)15-9-7-14(8-10-15)13-5-3-2-4-6-13/h7-10,12-13,17H,2-6,11,16H2,1H3/t12-/m1/s1. The molecule has 112 valence electrons. The highest BCUT2D eigenvalue weighted by Crippen LogP contribution is 2.32. The highest BCUT2D eigenvalue weighted by Gasteiger charge is 2.19. The van der Waals surface area contributed by atoms with Crippen molar-refractivity contribution in [3.63, 3.8) is 0 Å². The Morgan fingerprint density at radius 2 is 1.80 bits per heavy atom. The monoisotopic (exact) mass is 296 g/mol. The van der Waals surface area contributed by atoms with E-state index in [-0.39, 0.29) is 6.04 Å². The zero-order valence-corrected chi connectivity index (χ0v) is 12.8. The lowest BCUT2D eigenvalue weighted by Gasteiger charge is -2.22. The molecule has 1 aliphatic rings. The van der Waals surface area contributed by atoms with Crippen LogP contribution in [-0.2, 0) is 10.0 Å². The zero-order chi connectivity index (χ0) is 14.6. The topological polar surface area (TPSA) is 72.2 Å². The molecule has 0 spiro atoms. The second-order valence-corrected chi connectivity index (χ2v) is 7.38. The number of benzene rings is 1. The lowest BCUT2D eigenvalue weighted by molar-refractivity contribution is 0.443. The fourth-order valence-electron chi connectivity index (χ4n) is 2.74. The Labute approximate surface area is 121 Å². The van der Waals surface area contributed by atoms with Crippen molar-refractivity contribution in [3.05, 3.63) is 29.8 Å². The van der Waals surface area contributed by atoms with Gasteiger partial charge in [0.05, 0.1) is 4.90 Å².